The number of nitrogens with one attached hydrogen (secondary N) is 1. The Balaban J connectivity index is 1.67. The lowest BCUT2D eigenvalue weighted by Gasteiger charge is -2.09. The normalized spacial score (nSPS) is 9.72. The Morgan fingerprint density at radius 3 is 1.60 bits per heavy atom. The van der Waals surface area contributed by atoms with E-state index in [1.807, 2.05) is 47.8 Å². The van der Waals surface area contributed by atoms with Gasteiger partial charge in [-0.3, -0.25) is 0 Å². The second kappa shape index (κ2) is 8.25. The molecule has 0 aliphatic carbocycles. The standard InChI is InChI=1S/C23H19NS/c1-18(2)24-23-13-11-21(12-14-23)8-7-19-3-5-20(6-4-19)9-10-22-15-16-25-17-22/h3-6,11-18,24H,1-2H3. The number of hydrogen-bond acceptors (Lipinski definition) is 2. The monoisotopic (exact) mass is 341 g/mol. The molecule has 0 spiro atoms. The average molecular weight is 341 g/mol. The van der Waals surface area contributed by atoms with Crippen molar-refractivity contribution in [2.45, 2.75) is 19.9 Å². The molecule has 1 nitrogen and oxygen atoms in total. The first-order valence-electron chi connectivity index (χ1n) is 8.22. The van der Waals surface area contributed by atoms with Gasteiger partial charge < -0.3 is 5.32 Å². The van der Waals surface area contributed by atoms with E-state index < -0.39 is 0 Å². The molecule has 0 fully saturated rings. The lowest BCUT2D eigenvalue weighted by atomic mass is 10.1. The Morgan fingerprint density at radius 1 is 0.680 bits per heavy atom. The summed E-state index contributed by atoms with van der Waals surface area (Å²) in [6, 6.07) is 18.7. The van der Waals surface area contributed by atoms with Crippen LogP contribution in [0.1, 0.15) is 36.1 Å². The minimum Gasteiger partial charge on any atom is -0.383 e. The minimum absolute atomic E-state index is 0.429. The van der Waals surface area contributed by atoms with Gasteiger partial charge in [-0.15, -0.1) is 0 Å². The van der Waals surface area contributed by atoms with Crippen LogP contribution < -0.4 is 5.32 Å². The molecule has 3 aromatic rings. The molecular weight excluding hydrogens is 322 g/mol. The van der Waals surface area contributed by atoms with Gasteiger partial charge in [-0.1, -0.05) is 23.7 Å². The van der Waals surface area contributed by atoms with E-state index in [-0.39, 0.29) is 0 Å². The van der Waals surface area contributed by atoms with Crippen molar-refractivity contribution in [2.24, 2.45) is 0 Å². The summed E-state index contributed by atoms with van der Waals surface area (Å²) in [5, 5.41) is 7.46. The zero-order chi connectivity index (χ0) is 17.5. The molecule has 1 heterocycles. The van der Waals surface area contributed by atoms with Gasteiger partial charge in [0.15, 0.2) is 0 Å². The highest BCUT2D eigenvalue weighted by atomic mass is 32.1. The molecule has 0 radical (unpaired) electrons. The Hall–Kier alpha value is -2.94. The highest BCUT2D eigenvalue weighted by Gasteiger charge is 1.95. The first-order valence-corrected chi connectivity index (χ1v) is 9.16. The lowest BCUT2D eigenvalue weighted by molar-refractivity contribution is 0.900. The van der Waals surface area contributed by atoms with Crippen LogP contribution in [0.4, 0.5) is 5.69 Å². The summed E-state index contributed by atoms with van der Waals surface area (Å²) < 4.78 is 0. The lowest BCUT2D eigenvalue weighted by Crippen LogP contribution is -2.09. The topological polar surface area (TPSA) is 12.0 Å². The number of anilines is 1. The molecule has 3 rings (SSSR count). The second-order valence-corrected chi connectivity index (χ2v) is 6.75. The molecule has 0 bridgehead atoms. The summed E-state index contributed by atoms with van der Waals surface area (Å²) in [4.78, 5) is 0. The molecule has 0 saturated heterocycles. The second-order valence-electron chi connectivity index (χ2n) is 5.97. The van der Waals surface area contributed by atoms with E-state index >= 15 is 0 Å². The van der Waals surface area contributed by atoms with E-state index in [1.165, 1.54) is 0 Å². The molecular formula is C23H19NS. The van der Waals surface area contributed by atoms with Crippen molar-refractivity contribution in [3.05, 3.63) is 87.6 Å². The Kier molecular flexibility index (Phi) is 5.57. The largest absolute Gasteiger partial charge is 0.383 e. The van der Waals surface area contributed by atoms with Crippen LogP contribution in [0.3, 0.4) is 0 Å². The number of hydrogen-bond donors (Lipinski definition) is 1. The first-order chi connectivity index (χ1) is 12.2. The fourth-order valence-electron chi connectivity index (χ4n) is 2.24. The Bertz CT molecular complexity index is 926. The van der Waals surface area contributed by atoms with Gasteiger partial charge in [-0.2, -0.15) is 11.3 Å². The van der Waals surface area contributed by atoms with Crippen molar-refractivity contribution < 1.29 is 0 Å². The van der Waals surface area contributed by atoms with Gasteiger partial charge in [-0.05, 0) is 73.8 Å². The molecule has 0 saturated carbocycles. The van der Waals surface area contributed by atoms with Crippen LogP contribution in [0.2, 0.25) is 0 Å². The third-order valence-corrected chi connectivity index (χ3v) is 4.13. The zero-order valence-electron chi connectivity index (χ0n) is 14.3. The molecule has 2 heteroatoms. The number of benzene rings is 2. The summed E-state index contributed by atoms with van der Waals surface area (Å²) in [6.45, 7) is 4.25. The van der Waals surface area contributed by atoms with E-state index in [0.717, 1.165) is 27.9 Å². The van der Waals surface area contributed by atoms with Crippen LogP contribution in [-0.2, 0) is 0 Å². The molecule has 122 valence electrons. The van der Waals surface area contributed by atoms with Gasteiger partial charge in [0.05, 0.1) is 0 Å². The number of thiophene rings is 1. The van der Waals surface area contributed by atoms with E-state index in [2.05, 4.69) is 60.4 Å². The maximum absolute atomic E-state index is 3.37. The Morgan fingerprint density at radius 2 is 1.16 bits per heavy atom. The van der Waals surface area contributed by atoms with Crippen molar-refractivity contribution in [1.82, 2.24) is 0 Å². The predicted octanol–water partition coefficient (Wildman–Crippen LogP) is 5.37. The van der Waals surface area contributed by atoms with Crippen LogP contribution in [0, 0.1) is 23.7 Å². The molecule has 1 N–H and O–H groups in total. The van der Waals surface area contributed by atoms with E-state index in [4.69, 9.17) is 0 Å². The fourth-order valence-corrected chi connectivity index (χ4v) is 2.83. The number of rotatable bonds is 2. The van der Waals surface area contributed by atoms with Crippen molar-refractivity contribution in [3.63, 3.8) is 0 Å². The third kappa shape index (κ3) is 5.28. The van der Waals surface area contributed by atoms with E-state index in [9.17, 15) is 0 Å². The van der Waals surface area contributed by atoms with Crippen LogP contribution in [0.15, 0.2) is 65.4 Å². The van der Waals surface area contributed by atoms with Gasteiger partial charge in [0.25, 0.3) is 0 Å². The van der Waals surface area contributed by atoms with Gasteiger partial charge >= 0.3 is 0 Å². The summed E-state index contributed by atoms with van der Waals surface area (Å²) >= 11 is 1.66. The highest BCUT2D eigenvalue weighted by Crippen LogP contribution is 2.10. The predicted molar refractivity (Wildman–Crippen MR) is 108 cm³/mol. The highest BCUT2D eigenvalue weighted by molar-refractivity contribution is 7.08. The molecule has 0 aliphatic rings. The van der Waals surface area contributed by atoms with Crippen molar-refractivity contribution in [2.75, 3.05) is 5.32 Å². The Labute approximate surface area is 153 Å². The van der Waals surface area contributed by atoms with Crippen LogP contribution in [0.25, 0.3) is 0 Å². The zero-order valence-corrected chi connectivity index (χ0v) is 15.2. The SMILES string of the molecule is CC(C)Nc1ccc(C#Cc2ccc(C#Cc3ccsc3)cc2)cc1. The molecule has 2 aromatic carbocycles. The molecule has 0 aliphatic heterocycles. The van der Waals surface area contributed by atoms with Crippen molar-refractivity contribution in [1.29, 1.82) is 0 Å². The molecule has 25 heavy (non-hydrogen) atoms. The summed E-state index contributed by atoms with van der Waals surface area (Å²) in [7, 11) is 0. The van der Waals surface area contributed by atoms with Gasteiger partial charge in [0, 0.05) is 39.4 Å². The molecule has 0 unspecified atom stereocenters. The molecule has 1 aromatic heterocycles. The van der Waals surface area contributed by atoms with Crippen LogP contribution in [-0.4, -0.2) is 6.04 Å². The summed E-state index contributed by atoms with van der Waals surface area (Å²) in [5.74, 6) is 12.7. The first kappa shape index (κ1) is 16.9. The van der Waals surface area contributed by atoms with E-state index in [1.54, 1.807) is 11.3 Å². The van der Waals surface area contributed by atoms with Crippen molar-refractivity contribution >= 4 is 17.0 Å². The van der Waals surface area contributed by atoms with Crippen molar-refractivity contribution in [3.8, 4) is 23.7 Å². The average Bonchev–Trinajstić information content (AvgIpc) is 3.13. The molecule has 0 atom stereocenters. The maximum Gasteiger partial charge on any atom is 0.0356 e. The minimum atomic E-state index is 0.429. The van der Waals surface area contributed by atoms with Crippen LogP contribution in [0.5, 0.6) is 0 Å². The van der Waals surface area contributed by atoms with Gasteiger partial charge in [-0.25, -0.2) is 0 Å². The summed E-state index contributed by atoms with van der Waals surface area (Å²) in [5.41, 5.74) is 5.18. The quantitative estimate of drug-likeness (QED) is 0.618. The summed E-state index contributed by atoms with van der Waals surface area (Å²) in [6.07, 6.45) is 0. The van der Waals surface area contributed by atoms with Gasteiger partial charge in [0.1, 0.15) is 0 Å². The third-order valence-electron chi connectivity index (χ3n) is 3.45. The molecule has 0 amide bonds. The smallest absolute Gasteiger partial charge is 0.0356 e. The van der Waals surface area contributed by atoms with Gasteiger partial charge in [0.2, 0.25) is 0 Å². The van der Waals surface area contributed by atoms with Crippen LogP contribution >= 0.6 is 11.3 Å². The fraction of sp³-hybridized carbons (Fsp3) is 0.130. The van der Waals surface area contributed by atoms with E-state index in [0.29, 0.717) is 6.04 Å². The maximum atomic E-state index is 3.37.